The molecule has 3 fully saturated rings. The zero-order chi connectivity index (χ0) is 25.9. The number of benzene rings is 1. The predicted octanol–water partition coefficient (Wildman–Crippen LogP) is 4.17. The normalized spacial score (nSPS) is 29.1. The van der Waals surface area contributed by atoms with Crippen LogP contribution in [0.2, 0.25) is 0 Å². The molecule has 4 aliphatic rings. The van der Waals surface area contributed by atoms with E-state index in [-0.39, 0.29) is 23.8 Å². The summed E-state index contributed by atoms with van der Waals surface area (Å²) in [5.74, 6) is 1.42. The highest BCUT2D eigenvalue weighted by molar-refractivity contribution is 5.78. The Morgan fingerprint density at radius 3 is 2.65 bits per heavy atom. The number of fused-ring (bicyclic) bond motifs is 1. The molecule has 2 aliphatic carbocycles. The molecule has 7 nitrogen and oxygen atoms in total. The maximum atomic E-state index is 12.8. The van der Waals surface area contributed by atoms with E-state index < -0.39 is 0 Å². The number of hydrogen-bond acceptors (Lipinski definition) is 4. The van der Waals surface area contributed by atoms with E-state index in [0.29, 0.717) is 30.1 Å². The number of carbonyl (C=O) groups excluding carboxylic acids is 2. The summed E-state index contributed by atoms with van der Waals surface area (Å²) in [6.45, 7) is 10.2. The molecular formula is C30H41N5O2. The lowest BCUT2D eigenvalue weighted by molar-refractivity contribution is -0.188. The SMILES string of the molecule is CC(=O)N[C@@H](CCN1C2CCC23CC(n2c(C)nc4c2CN(C(=O)C(C)C)CC4)CC13)c1ccccc1. The molecular weight excluding hydrogens is 462 g/mol. The van der Waals surface area contributed by atoms with Gasteiger partial charge in [-0.25, -0.2) is 4.98 Å². The number of piperidine rings is 1. The van der Waals surface area contributed by atoms with Gasteiger partial charge in [0.15, 0.2) is 0 Å². The van der Waals surface area contributed by atoms with Crippen LogP contribution in [0.1, 0.15) is 87.7 Å². The quantitative estimate of drug-likeness (QED) is 0.616. The summed E-state index contributed by atoms with van der Waals surface area (Å²) in [4.78, 5) is 34.5. The molecule has 2 amide bonds. The van der Waals surface area contributed by atoms with E-state index in [9.17, 15) is 9.59 Å². The average molecular weight is 504 g/mol. The minimum Gasteiger partial charge on any atom is -0.349 e. The Morgan fingerprint density at radius 1 is 1.19 bits per heavy atom. The first kappa shape index (κ1) is 24.7. The molecule has 4 unspecified atom stereocenters. The largest absolute Gasteiger partial charge is 0.349 e. The monoisotopic (exact) mass is 503 g/mol. The summed E-state index contributed by atoms with van der Waals surface area (Å²) >= 11 is 0. The van der Waals surface area contributed by atoms with Gasteiger partial charge in [0.1, 0.15) is 5.82 Å². The second kappa shape index (κ2) is 9.26. The van der Waals surface area contributed by atoms with Crippen LogP contribution in [0.3, 0.4) is 0 Å². The van der Waals surface area contributed by atoms with Crippen LogP contribution in [0.15, 0.2) is 30.3 Å². The summed E-state index contributed by atoms with van der Waals surface area (Å²) in [6, 6.07) is 12.2. The summed E-state index contributed by atoms with van der Waals surface area (Å²) in [7, 11) is 0. The Labute approximate surface area is 220 Å². The molecule has 1 N–H and O–H groups in total. The predicted molar refractivity (Wildman–Crippen MR) is 143 cm³/mol. The molecule has 0 bridgehead atoms. The van der Waals surface area contributed by atoms with Crippen LogP contribution in [0.5, 0.6) is 0 Å². The van der Waals surface area contributed by atoms with Gasteiger partial charge in [-0.2, -0.15) is 0 Å². The van der Waals surface area contributed by atoms with Crippen molar-refractivity contribution in [3.05, 3.63) is 53.1 Å². The molecule has 0 radical (unpaired) electrons. The van der Waals surface area contributed by atoms with Gasteiger partial charge in [0.2, 0.25) is 11.8 Å². The maximum absolute atomic E-state index is 12.8. The van der Waals surface area contributed by atoms with Crippen LogP contribution < -0.4 is 5.32 Å². The number of aromatic nitrogens is 2. The van der Waals surface area contributed by atoms with Crippen LogP contribution in [-0.2, 0) is 22.6 Å². The van der Waals surface area contributed by atoms with Crippen molar-refractivity contribution in [2.75, 3.05) is 13.1 Å². The molecule has 1 aromatic carbocycles. The number of hydrogen-bond donors (Lipinski definition) is 1. The van der Waals surface area contributed by atoms with Crippen molar-refractivity contribution >= 4 is 11.8 Å². The van der Waals surface area contributed by atoms with Gasteiger partial charge < -0.3 is 14.8 Å². The summed E-state index contributed by atoms with van der Waals surface area (Å²) < 4.78 is 2.51. The fraction of sp³-hybridized carbons (Fsp3) is 0.633. The fourth-order valence-electron chi connectivity index (χ4n) is 8.11. The first-order valence-electron chi connectivity index (χ1n) is 14.2. The van der Waals surface area contributed by atoms with Crippen LogP contribution in [-0.4, -0.2) is 56.3 Å². The van der Waals surface area contributed by atoms with Gasteiger partial charge in [0.25, 0.3) is 0 Å². The number of nitrogens with zero attached hydrogens (tertiary/aromatic N) is 4. The number of aryl methyl sites for hydroxylation is 1. The molecule has 7 heteroatoms. The van der Waals surface area contributed by atoms with Crippen molar-refractivity contribution in [1.29, 1.82) is 0 Å². The van der Waals surface area contributed by atoms with Crippen molar-refractivity contribution in [2.45, 2.75) is 96.9 Å². The fourth-order valence-corrected chi connectivity index (χ4v) is 8.11. The second-order valence-electron chi connectivity index (χ2n) is 12.2. The molecule has 1 saturated heterocycles. The highest BCUT2D eigenvalue weighted by atomic mass is 16.2. The van der Waals surface area contributed by atoms with Crippen LogP contribution >= 0.6 is 0 Å². The molecule has 2 aliphatic heterocycles. The van der Waals surface area contributed by atoms with E-state index in [1.165, 1.54) is 36.2 Å². The Bertz CT molecular complexity index is 1190. The minimum absolute atomic E-state index is 0.0294. The molecule has 2 aromatic rings. The van der Waals surface area contributed by atoms with Gasteiger partial charge in [-0.05, 0) is 44.6 Å². The van der Waals surface area contributed by atoms with Gasteiger partial charge in [-0.3, -0.25) is 14.5 Å². The molecule has 5 atom stereocenters. The highest BCUT2D eigenvalue weighted by Crippen LogP contribution is 2.67. The van der Waals surface area contributed by atoms with E-state index in [1.54, 1.807) is 6.92 Å². The molecule has 6 rings (SSSR count). The summed E-state index contributed by atoms with van der Waals surface area (Å²) in [6.07, 6.45) is 6.81. The Hall–Kier alpha value is -2.67. The van der Waals surface area contributed by atoms with E-state index in [0.717, 1.165) is 38.2 Å². The smallest absolute Gasteiger partial charge is 0.225 e. The number of imidazole rings is 1. The number of rotatable bonds is 7. The zero-order valence-corrected chi connectivity index (χ0v) is 22.7. The van der Waals surface area contributed by atoms with Gasteiger partial charge in [-0.1, -0.05) is 44.2 Å². The van der Waals surface area contributed by atoms with Gasteiger partial charge in [0.05, 0.1) is 24.0 Å². The van der Waals surface area contributed by atoms with Crippen LogP contribution in [0.4, 0.5) is 0 Å². The lowest BCUT2D eigenvalue weighted by Crippen LogP contribution is -2.74. The molecule has 1 aromatic heterocycles. The van der Waals surface area contributed by atoms with Crippen LogP contribution in [0.25, 0.3) is 0 Å². The lowest BCUT2D eigenvalue weighted by atomic mass is 9.53. The van der Waals surface area contributed by atoms with E-state index >= 15 is 0 Å². The Kier molecular flexibility index (Phi) is 6.17. The number of carbonyl (C=O) groups is 2. The zero-order valence-electron chi connectivity index (χ0n) is 22.7. The topological polar surface area (TPSA) is 70.5 Å². The lowest BCUT2D eigenvalue weighted by Gasteiger charge is -2.68. The second-order valence-corrected chi connectivity index (χ2v) is 12.2. The van der Waals surface area contributed by atoms with E-state index in [1.807, 2.05) is 24.8 Å². The first-order chi connectivity index (χ1) is 17.8. The van der Waals surface area contributed by atoms with Crippen molar-refractivity contribution in [3.8, 4) is 0 Å². The standard InChI is InChI=1S/C30H41N5O2/c1-19(2)29(37)33-14-11-25-26(18-33)35(20(3)31-25)23-16-28-30(17-23)13-10-27(30)34(28)15-12-24(32-21(4)36)22-8-6-5-7-9-22/h5-9,19,23-24,27-28H,10-18H2,1-4H3,(H,32,36)/t23?,24-,27?,28?,30?/m0/s1. The van der Waals surface area contributed by atoms with Crippen molar-refractivity contribution in [1.82, 2.24) is 24.7 Å². The molecule has 3 heterocycles. The van der Waals surface area contributed by atoms with E-state index in [2.05, 4.69) is 46.0 Å². The van der Waals surface area contributed by atoms with Crippen molar-refractivity contribution in [3.63, 3.8) is 0 Å². The maximum Gasteiger partial charge on any atom is 0.225 e. The third-order valence-corrected chi connectivity index (χ3v) is 9.78. The number of likely N-dealkylation sites (tertiary alicyclic amines) is 1. The van der Waals surface area contributed by atoms with Gasteiger partial charge >= 0.3 is 0 Å². The molecule has 2 saturated carbocycles. The molecule has 1 spiro atoms. The van der Waals surface area contributed by atoms with Gasteiger partial charge in [0, 0.05) is 55.9 Å². The van der Waals surface area contributed by atoms with Crippen LogP contribution in [0, 0.1) is 18.3 Å². The van der Waals surface area contributed by atoms with Gasteiger partial charge in [-0.15, -0.1) is 0 Å². The third-order valence-electron chi connectivity index (χ3n) is 9.78. The average Bonchev–Trinajstić information content (AvgIpc) is 3.41. The van der Waals surface area contributed by atoms with Crippen molar-refractivity contribution < 1.29 is 9.59 Å². The third kappa shape index (κ3) is 4.01. The van der Waals surface area contributed by atoms with E-state index in [4.69, 9.17) is 4.98 Å². The summed E-state index contributed by atoms with van der Waals surface area (Å²) in [5.41, 5.74) is 4.11. The summed E-state index contributed by atoms with van der Waals surface area (Å²) in [5, 5.41) is 3.19. The Morgan fingerprint density at radius 2 is 1.97 bits per heavy atom. The number of amides is 2. The molecule has 198 valence electrons. The number of nitrogens with one attached hydrogen (secondary N) is 1. The first-order valence-corrected chi connectivity index (χ1v) is 14.2. The Balaban J connectivity index is 1.18. The highest BCUT2D eigenvalue weighted by Gasteiger charge is 2.69. The minimum atomic E-state index is 0.0294. The molecule has 37 heavy (non-hydrogen) atoms. The van der Waals surface area contributed by atoms with Crippen molar-refractivity contribution in [2.24, 2.45) is 11.3 Å².